The van der Waals surface area contributed by atoms with Gasteiger partial charge in [-0.2, -0.15) is 0 Å². The summed E-state index contributed by atoms with van der Waals surface area (Å²) in [7, 11) is 4.16. The summed E-state index contributed by atoms with van der Waals surface area (Å²) in [4.78, 5) is 35.2. The predicted octanol–water partition coefficient (Wildman–Crippen LogP) is 4.35. The number of ether oxygens (including phenoxy) is 1. The van der Waals surface area contributed by atoms with Crippen LogP contribution in [0.4, 0.5) is 0 Å². The van der Waals surface area contributed by atoms with Crippen molar-refractivity contribution in [1.29, 1.82) is 0 Å². The van der Waals surface area contributed by atoms with Crippen molar-refractivity contribution in [1.82, 2.24) is 24.9 Å². The third-order valence-corrected chi connectivity index (χ3v) is 9.86. The van der Waals surface area contributed by atoms with Gasteiger partial charge in [-0.1, -0.05) is 38.1 Å². The van der Waals surface area contributed by atoms with Crippen LogP contribution in [0.2, 0.25) is 0 Å². The highest BCUT2D eigenvalue weighted by Gasteiger charge is 2.36. The molecule has 2 amide bonds. The first kappa shape index (κ1) is 32.5. The number of piperidine rings is 1. The van der Waals surface area contributed by atoms with Gasteiger partial charge in [0.25, 0.3) is 5.91 Å². The molecular weight excluding hydrogens is 550 g/mol. The zero-order valence-electron chi connectivity index (χ0n) is 27.3. The number of carbonyl (C=O) groups excluding carboxylic acids is 2. The monoisotopic (exact) mass is 603 g/mol. The van der Waals surface area contributed by atoms with Gasteiger partial charge in [0, 0.05) is 63.3 Å². The summed E-state index contributed by atoms with van der Waals surface area (Å²) in [6.45, 7) is 13.2. The SMILES string of the molecule is CC1CC(C)C1NC(=O)c1ccc(CN2CCN(C(=O)C3CCN(Cc4ccc(OCCCN(C)C)cc4)CC3)CC2)cc1. The molecule has 2 aromatic rings. The molecule has 1 N–H and O–H groups in total. The molecule has 1 saturated carbocycles. The maximum atomic E-state index is 13.3. The smallest absolute Gasteiger partial charge is 0.251 e. The van der Waals surface area contributed by atoms with E-state index in [1.165, 1.54) is 17.5 Å². The summed E-state index contributed by atoms with van der Waals surface area (Å²) in [6, 6.07) is 16.8. The number of nitrogens with one attached hydrogen (secondary N) is 1. The minimum Gasteiger partial charge on any atom is -0.494 e. The van der Waals surface area contributed by atoms with Gasteiger partial charge >= 0.3 is 0 Å². The highest BCUT2D eigenvalue weighted by molar-refractivity contribution is 5.94. The highest BCUT2D eigenvalue weighted by Crippen LogP contribution is 2.33. The number of hydrogen-bond acceptors (Lipinski definition) is 6. The molecule has 0 aromatic heterocycles. The van der Waals surface area contributed by atoms with E-state index in [1.807, 2.05) is 12.1 Å². The number of rotatable bonds is 12. The van der Waals surface area contributed by atoms with Gasteiger partial charge in [0.2, 0.25) is 5.91 Å². The Morgan fingerprint density at radius 1 is 0.818 bits per heavy atom. The second-order valence-electron chi connectivity index (χ2n) is 13.7. The lowest BCUT2D eigenvalue weighted by Gasteiger charge is -2.41. The summed E-state index contributed by atoms with van der Waals surface area (Å²) < 4.78 is 5.87. The fourth-order valence-electron chi connectivity index (χ4n) is 7.03. The van der Waals surface area contributed by atoms with Gasteiger partial charge in [-0.3, -0.25) is 19.4 Å². The molecule has 2 unspecified atom stereocenters. The van der Waals surface area contributed by atoms with E-state index in [4.69, 9.17) is 4.74 Å². The zero-order chi connectivity index (χ0) is 31.1. The summed E-state index contributed by atoms with van der Waals surface area (Å²) in [5, 5.41) is 3.21. The van der Waals surface area contributed by atoms with Crippen LogP contribution in [0.25, 0.3) is 0 Å². The van der Waals surface area contributed by atoms with Crippen molar-refractivity contribution in [3.63, 3.8) is 0 Å². The molecule has 1 aliphatic carbocycles. The maximum absolute atomic E-state index is 13.3. The van der Waals surface area contributed by atoms with Crippen LogP contribution >= 0.6 is 0 Å². The molecule has 0 radical (unpaired) electrons. The Bertz CT molecular complexity index is 1190. The Morgan fingerprint density at radius 3 is 1.95 bits per heavy atom. The Kier molecular flexibility index (Phi) is 11.3. The minimum absolute atomic E-state index is 0.0313. The van der Waals surface area contributed by atoms with Crippen LogP contribution in [0.1, 0.15) is 61.0 Å². The first-order chi connectivity index (χ1) is 21.2. The molecule has 2 aliphatic heterocycles. The Balaban J connectivity index is 0.983. The Labute approximate surface area is 264 Å². The second kappa shape index (κ2) is 15.4. The van der Waals surface area contributed by atoms with E-state index in [2.05, 4.69) is 89.3 Å². The fourth-order valence-corrected chi connectivity index (χ4v) is 7.03. The number of nitrogens with zero attached hydrogens (tertiary/aromatic N) is 4. The number of benzene rings is 2. The van der Waals surface area contributed by atoms with Crippen LogP contribution in [-0.4, -0.2) is 104 Å². The molecule has 240 valence electrons. The van der Waals surface area contributed by atoms with E-state index in [1.54, 1.807) is 0 Å². The first-order valence-corrected chi connectivity index (χ1v) is 16.7. The lowest BCUT2D eigenvalue weighted by molar-refractivity contribution is -0.139. The topological polar surface area (TPSA) is 68.4 Å². The van der Waals surface area contributed by atoms with Gasteiger partial charge < -0.3 is 19.9 Å². The van der Waals surface area contributed by atoms with Crippen molar-refractivity contribution in [3.05, 3.63) is 65.2 Å². The molecule has 0 spiro atoms. The number of likely N-dealkylation sites (tertiary alicyclic amines) is 1. The summed E-state index contributed by atoms with van der Waals surface area (Å²) in [5.74, 6) is 2.56. The highest BCUT2D eigenvalue weighted by atomic mass is 16.5. The normalized spacial score (nSPS) is 23.4. The molecule has 0 bridgehead atoms. The van der Waals surface area contributed by atoms with Crippen molar-refractivity contribution in [3.8, 4) is 5.75 Å². The van der Waals surface area contributed by atoms with Crippen LogP contribution in [0.15, 0.2) is 48.5 Å². The van der Waals surface area contributed by atoms with E-state index in [0.717, 1.165) is 96.1 Å². The van der Waals surface area contributed by atoms with Gasteiger partial charge in [-0.15, -0.1) is 0 Å². The molecule has 8 heteroatoms. The molecule has 2 aromatic carbocycles. The molecular formula is C36H53N5O3. The van der Waals surface area contributed by atoms with Crippen LogP contribution in [0, 0.1) is 17.8 Å². The number of amides is 2. The molecule has 2 heterocycles. The van der Waals surface area contributed by atoms with Gasteiger partial charge in [0.05, 0.1) is 6.61 Å². The average Bonchev–Trinajstić information content (AvgIpc) is 3.03. The first-order valence-electron chi connectivity index (χ1n) is 16.7. The quantitative estimate of drug-likeness (QED) is 0.364. The summed E-state index contributed by atoms with van der Waals surface area (Å²) in [5.41, 5.74) is 3.24. The van der Waals surface area contributed by atoms with E-state index >= 15 is 0 Å². The van der Waals surface area contributed by atoms with Crippen molar-refractivity contribution >= 4 is 11.8 Å². The Morgan fingerprint density at radius 2 is 1.39 bits per heavy atom. The third-order valence-electron chi connectivity index (χ3n) is 9.86. The lowest BCUT2D eigenvalue weighted by Crippen LogP contribution is -2.51. The van der Waals surface area contributed by atoms with E-state index in [0.29, 0.717) is 23.8 Å². The van der Waals surface area contributed by atoms with Crippen molar-refractivity contribution in [2.75, 3.05) is 66.5 Å². The minimum atomic E-state index is 0.0313. The molecule has 3 fully saturated rings. The van der Waals surface area contributed by atoms with E-state index in [-0.39, 0.29) is 11.8 Å². The standard InChI is InChI=1S/C36H53N5O3/c1-27-24-28(2)34(27)37-35(42)31-10-6-29(7-11-31)26-40-19-21-41(22-20-40)36(43)32-14-17-39(18-15-32)25-30-8-12-33(13-9-30)44-23-5-16-38(3)4/h6-13,27-28,32,34H,5,14-26H2,1-4H3,(H,37,42). The number of piperazine rings is 1. The van der Waals surface area contributed by atoms with Crippen molar-refractivity contribution in [2.45, 2.75) is 58.7 Å². The van der Waals surface area contributed by atoms with Crippen LogP contribution < -0.4 is 10.1 Å². The number of carbonyl (C=O) groups is 2. The molecule has 8 nitrogen and oxygen atoms in total. The summed E-state index contributed by atoms with van der Waals surface area (Å²) in [6.07, 6.45) is 4.08. The van der Waals surface area contributed by atoms with Gasteiger partial charge in [0.15, 0.2) is 0 Å². The summed E-state index contributed by atoms with van der Waals surface area (Å²) >= 11 is 0. The van der Waals surface area contributed by atoms with Crippen molar-refractivity contribution < 1.29 is 14.3 Å². The Hall–Kier alpha value is -2.94. The molecule has 3 aliphatic rings. The largest absolute Gasteiger partial charge is 0.494 e. The van der Waals surface area contributed by atoms with Crippen LogP contribution in [0.5, 0.6) is 5.75 Å². The van der Waals surface area contributed by atoms with Crippen molar-refractivity contribution in [2.24, 2.45) is 17.8 Å². The zero-order valence-corrected chi connectivity index (χ0v) is 27.3. The average molecular weight is 604 g/mol. The van der Waals surface area contributed by atoms with E-state index in [9.17, 15) is 9.59 Å². The molecule has 2 atom stereocenters. The molecule has 44 heavy (non-hydrogen) atoms. The van der Waals surface area contributed by atoms with E-state index < -0.39 is 0 Å². The van der Waals surface area contributed by atoms with Gasteiger partial charge in [-0.05, 0) is 100 Å². The lowest BCUT2D eigenvalue weighted by atomic mass is 9.72. The fraction of sp³-hybridized carbons (Fsp3) is 0.611. The number of hydrogen-bond donors (Lipinski definition) is 1. The second-order valence-corrected chi connectivity index (χ2v) is 13.7. The van der Waals surface area contributed by atoms with Gasteiger partial charge in [-0.25, -0.2) is 0 Å². The maximum Gasteiger partial charge on any atom is 0.251 e. The van der Waals surface area contributed by atoms with Crippen LogP contribution in [-0.2, 0) is 17.9 Å². The predicted molar refractivity (Wildman–Crippen MR) is 176 cm³/mol. The third kappa shape index (κ3) is 8.83. The molecule has 2 saturated heterocycles. The molecule has 5 rings (SSSR count). The van der Waals surface area contributed by atoms with Gasteiger partial charge in [0.1, 0.15) is 5.75 Å². The van der Waals surface area contributed by atoms with Crippen LogP contribution in [0.3, 0.4) is 0 Å².